The van der Waals surface area contributed by atoms with Crippen molar-refractivity contribution in [3.8, 4) is 0 Å². The van der Waals surface area contributed by atoms with Crippen LogP contribution in [0.4, 0.5) is 10.1 Å². The molecule has 1 aromatic carbocycles. The molecule has 0 radical (unpaired) electrons. The molecule has 1 aromatic rings. The minimum absolute atomic E-state index is 0.200. The molecule has 94 valence electrons. The van der Waals surface area contributed by atoms with Gasteiger partial charge in [-0.25, -0.2) is 4.39 Å². The highest BCUT2D eigenvalue weighted by atomic mass is 79.9. The van der Waals surface area contributed by atoms with E-state index in [-0.39, 0.29) is 5.82 Å². The van der Waals surface area contributed by atoms with E-state index in [1.807, 2.05) is 0 Å². The Morgan fingerprint density at radius 3 is 2.94 bits per heavy atom. The second kappa shape index (κ2) is 5.85. The fourth-order valence-electron chi connectivity index (χ4n) is 2.63. The van der Waals surface area contributed by atoms with Gasteiger partial charge in [0.1, 0.15) is 5.82 Å². The molecule has 1 fully saturated rings. The van der Waals surface area contributed by atoms with E-state index in [1.165, 1.54) is 37.8 Å². The minimum Gasteiger partial charge on any atom is -0.384 e. The maximum atomic E-state index is 12.9. The van der Waals surface area contributed by atoms with Crippen molar-refractivity contribution < 1.29 is 4.39 Å². The first-order chi connectivity index (χ1) is 8.15. The monoisotopic (exact) mass is 299 g/mol. The number of benzene rings is 1. The Morgan fingerprint density at radius 1 is 1.41 bits per heavy atom. The first-order valence-electron chi connectivity index (χ1n) is 6.34. The van der Waals surface area contributed by atoms with Crippen molar-refractivity contribution in [3.05, 3.63) is 28.5 Å². The Morgan fingerprint density at radius 2 is 2.24 bits per heavy atom. The standard InChI is InChI=1S/C14H19BrFN/c1-10-3-2-4-11(7-10)9-17-14-6-5-12(16)8-13(14)15/h5-6,8,10-11,17H,2-4,7,9H2,1H3. The van der Waals surface area contributed by atoms with Crippen LogP contribution in [0, 0.1) is 17.7 Å². The minimum atomic E-state index is -0.200. The van der Waals surface area contributed by atoms with Crippen molar-refractivity contribution in [2.75, 3.05) is 11.9 Å². The van der Waals surface area contributed by atoms with Crippen LogP contribution in [0.3, 0.4) is 0 Å². The lowest BCUT2D eigenvalue weighted by atomic mass is 9.82. The molecule has 1 saturated carbocycles. The maximum absolute atomic E-state index is 12.9. The number of rotatable bonds is 3. The summed E-state index contributed by atoms with van der Waals surface area (Å²) in [4.78, 5) is 0. The highest BCUT2D eigenvalue weighted by Crippen LogP contribution is 2.30. The fourth-order valence-corrected chi connectivity index (χ4v) is 3.12. The lowest BCUT2D eigenvalue weighted by Gasteiger charge is -2.27. The average Bonchev–Trinajstić information content (AvgIpc) is 2.28. The van der Waals surface area contributed by atoms with Crippen molar-refractivity contribution in [1.29, 1.82) is 0 Å². The lowest BCUT2D eigenvalue weighted by Crippen LogP contribution is -2.21. The summed E-state index contributed by atoms with van der Waals surface area (Å²) in [6.45, 7) is 3.33. The molecule has 0 aromatic heterocycles. The summed E-state index contributed by atoms with van der Waals surface area (Å²) in [6, 6.07) is 4.80. The largest absolute Gasteiger partial charge is 0.384 e. The fraction of sp³-hybridized carbons (Fsp3) is 0.571. The number of halogens is 2. The molecule has 17 heavy (non-hydrogen) atoms. The van der Waals surface area contributed by atoms with Gasteiger partial charge in [0.25, 0.3) is 0 Å². The van der Waals surface area contributed by atoms with E-state index in [9.17, 15) is 4.39 Å². The van der Waals surface area contributed by atoms with Crippen molar-refractivity contribution in [2.24, 2.45) is 11.8 Å². The zero-order chi connectivity index (χ0) is 12.3. The van der Waals surface area contributed by atoms with Gasteiger partial charge >= 0.3 is 0 Å². The van der Waals surface area contributed by atoms with Gasteiger partial charge in [0, 0.05) is 16.7 Å². The van der Waals surface area contributed by atoms with Gasteiger partial charge in [0.15, 0.2) is 0 Å². The third-order valence-corrected chi connectivity index (χ3v) is 4.21. The van der Waals surface area contributed by atoms with Crippen LogP contribution < -0.4 is 5.32 Å². The molecule has 0 spiro atoms. The van der Waals surface area contributed by atoms with Gasteiger partial charge in [-0.05, 0) is 58.8 Å². The number of hydrogen-bond donors (Lipinski definition) is 1. The summed E-state index contributed by atoms with van der Waals surface area (Å²) in [5, 5.41) is 3.42. The first kappa shape index (κ1) is 12.9. The van der Waals surface area contributed by atoms with Gasteiger partial charge in [-0.2, -0.15) is 0 Å². The second-order valence-electron chi connectivity index (χ2n) is 5.14. The van der Waals surface area contributed by atoms with Crippen LogP contribution in [0.1, 0.15) is 32.6 Å². The van der Waals surface area contributed by atoms with Gasteiger partial charge in [-0.15, -0.1) is 0 Å². The van der Waals surface area contributed by atoms with Gasteiger partial charge < -0.3 is 5.32 Å². The molecule has 2 unspecified atom stereocenters. The molecule has 0 heterocycles. The van der Waals surface area contributed by atoms with Crippen LogP contribution in [-0.4, -0.2) is 6.54 Å². The highest BCUT2D eigenvalue weighted by molar-refractivity contribution is 9.10. The molecule has 0 amide bonds. The summed E-state index contributed by atoms with van der Waals surface area (Å²) in [5.41, 5.74) is 0.990. The van der Waals surface area contributed by atoms with E-state index in [4.69, 9.17) is 0 Å². The Balaban J connectivity index is 1.88. The van der Waals surface area contributed by atoms with Crippen LogP contribution in [0.2, 0.25) is 0 Å². The number of nitrogens with one attached hydrogen (secondary N) is 1. The van der Waals surface area contributed by atoms with E-state index < -0.39 is 0 Å². The number of anilines is 1. The third kappa shape index (κ3) is 3.70. The molecule has 0 aliphatic heterocycles. The molecular weight excluding hydrogens is 281 g/mol. The predicted octanol–water partition coefficient (Wildman–Crippen LogP) is 4.83. The van der Waals surface area contributed by atoms with Crippen LogP contribution >= 0.6 is 15.9 Å². The normalized spacial score (nSPS) is 24.6. The molecule has 2 rings (SSSR count). The molecule has 0 bridgehead atoms. The van der Waals surface area contributed by atoms with E-state index in [0.717, 1.165) is 28.5 Å². The Kier molecular flexibility index (Phi) is 4.43. The van der Waals surface area contributed by atoms with Crippen LogP contribution in [0.5, 0.6) is 0 Å². The van der Waals surface area contributed by atoms with Gasteiger partial charge in [-0.1, -0.05) is 19.8 Å². The summed E-state index contributed by atoms with van der Waals surface area (Å²) >= 11 is 3.38. The van der Waals surface area contributed by atoms with Gasteiger partial charge in [0.2, 0.25) is 0 Å². The predicted molar refractivity (Wildman–Crippen MR) is 73.7 cm³/mol. The summed E-state index contributed by atoms with van der Waals surface area (Å²) in [5.74, 6) is 1.41. The zero-order valence-corrected chi connectivity index (χ0v) is 11.8. The third-order valence-electron chi connectivity index (χ3n) is 3.56. The van der Waals surface area contributed by atoms with Crippen molar-refractivity contribution in [2.45, 2.75) is 32.6 Å². The molecule has 1 N–H and O–H groups in total. The van der Waals surface area contributed by atoms with Crippen molar-refractivity contribution in [1.82, 2.24) is 0 Å². The second-order valence-corrected chi connectivity index (χ2v) is 6.00. The molecule has 1 nitrogen and oxygen atoms in total. The topological polar surface area (TPSA) is 12.0 Å². The zero-order valence-electron chi connectivity index (χ0n) is 10.2. The molecule has 1 aliphatic rings. The summed E-state index contributed by atoms with van der Waals surface area (Å²) < 4.78 is 13.7. The smallest absolute Gasteiger partial charge is 0.124 e. The molecule has 3 heteroatoms. The Hall–Kier alpha value is -0.570. The molecule has 0 saturated heterocycles. The van der Waals surface area contributed by atoms with Crippen molar-refractivity contribution in [3.63, 3.8) is 0 Å². The van der Waals surface area contributed by atoms with Gasteiger partial charge in [-0.3, -0.25) is 0 Å². The molecule has 2 atom stereocenters. The summed E-state index contributed by atoms with van der Waals surface area (Å²) in [7, 11) is 0. The maximum Gasteiger partial charge on any atom is 0.124 e. The van der Waals surface area contributed by atoms with Gasteiger partial charge in [0.05, 0.1) is 0 Å². The Bertz CT molecular complexity index is 380. The van der Waals surface area contributed by atoms with E-state index in [0.29, 0.717) is 0 Å². The summed E-state index contributed by atoms with van der Waals surface area (Å²) in [6.07, 6.45) is 5.34. The van der Waals surface area contributed by atoms with Crippen molar-refractivity contribution >= 4 is 21.6 Å². The highest BCUT2D eigenvalue weighted by Gasteiger charge is 2.18. The van der Waals surface area contributed by atoms with Crippen LogP contribution in [0.15, 0.2) is 22.7 Å². The van der Waals surface area contributed by atoms with Crippen LogP contribution in [0.25, 0.3) is 0 Å². The molecule has 1 aliphatic carbocycles. The number of hydrogen-bond acceptors (Lipinski definition) is 1. The lowest BCUT2D eigenvalue weighted by molar-refractivity contribution is 0.293. The molecular formula is C14H19BrFN. The SMILES string of the molecule is CC1CCCC(CNc2ccc(F)cc2Br)C1. The first-order valence-corrected chi connectivity index (χ1v) is 7.13. The average molecular weight is 300 g/mol. The van der Waals surface area contributed by atoms with E-state index >= 15 is 0 Å². The van der Waals surface area contributed by atoms with E-state index in [2.05, 4.69) is 28.2 Å². The quantitative estimate of drug-likeness (QED) is 0.843. The Labute approximate surface area is 111 Å². The van der Waals surface area contributed by atoms with E-state index in [1.54, 1.807) is 6.07 Å². The van der Waals surface area contributed by atoms with Crippen LogP contribution in [-0.2, 0) is 0 Å².